The third-order valence-corrected chi connectivity index (χ3v) is 4.50. The van der Waals surface area contributed by atoms with E-state index in [1.165, 1.54) is 18.7 Å². The molecule has 0 aromatic carbocycles. The van der Waals surface area contributed by atoms with Crippen molar-refractivity contribution in [1.82, 2.24) is 9.55 Å². The molecule has 18 heavy (non-hydrogen) atoms. The molecule has 4 nitrogen and oxygen atoms in total. The van der Waals surface area contributed by atoms with Crippen molar-refractivity contribution in [3.8, 4) is 0 Å². The molecule has 0 spiro atoms. The summed E-state index contributed by atoms with van der Waals surface area (Å²) in [5.74, 6) is 1.17. The van der Waals surface area contributed by atoms with Gasteiger partial charge in [-0.05, 0) is 40.5 Å². The number of aromatic nitrogens is 2. The van der Waals surface area contributed by atoms with Crippen molar-refractivity contribution in [1.29, 1.82) is 0 Å². The Labute approximate surface area is 109 Å². The Morgan fingerprint density at radius 3 is 2.50 bits per heavy atom. The van der Waals surface area contributed by atoms with E-state index in [1.807, 2.05) is 6.20 Å². The molecule has 2 aliphatic rings. The van der Waals surface area contributed by atoms with Crippen LogP contribution in [0.15, 0.2) is 6.20 Å². The second-order valence-corrected chi connectivity index (χ2v) is 6.30. The minimum Gasteiger partial charge on any atom is -0.398 e. The predicted octanol–water partition coefficient (Wildman–Crippen LogP) is 1.52. The molecule has 0 radical (unpaired) electrons. The van der Waals surface area contributed by atoms with Crippen LogP contribution in [-0.4, -0.2) is 27.9 Å². The van der Waals surface area contributed by atoms with E-state index in [4.69, 9.17) is 9.31 Å². The van der Waals surface area contributed by atoms with E-state index < -0.39 is 0 Å². The number of rotatable bonds is 1. The maximum Gasteiger partial charge on any atom is 0.514 e. The molecule has 0 saturated carbocycles. The van der Waals surface area contributed by atoms with Crippen LogP contribution in [0.5, 0.6) is 0 Å². The van der Waals surface area contributed by atoms with Crippen LogP contribution in [0.1, 0.15) is 46.4 Å². The minimum absolute atomic E-state index is 0.281. The molecule has 0 unspecified atom stereocenters. The molecule has 2 aliphatic heterocycles. The summed E-state index contributed by atoms with van der Waals surface area (Å²) in [7, 11) is -0.283. The first kappa shape index (κ1) is 12.2. The summed E-state index contributed by atoms with van der Waals surface area (Å²) in [5, 5.41) is 0. The van der Waals surface area contributed by atoms with Gasteiger partial charge in [-0.3, -0.25) is 0 Å². The highest BCUT2D eigenvalue weighted by Crippen LogP contribution is 2.36. The van der Waals surface area contributed by atoms with Crippen LogP contribution in [0, 0.1) is 0 Å². The smallest absolute Gasteiger partial charge is 0.398 e. The highest BCUT2D eigenvalue weighted by atomic mass is 16.7. The van der Waals surface area contributed by atoms with Gasteiger partial charge >= 0.3 is 7.12 Å². The van der Waals surface area contributed by atoms with E-state index in [9.17, 15) is 0 Å². The zero-order chi connectivity index (χ0) is 13.0. The molecule has 1 saturated heterocycles. The molecule has 3 heterocycles. The summed E-state index contributed by atoms with van der Waals surface area (Å²) < 4.78 is 14.5. The lowest BCUT2D eigenvalue weighted by molar-refractivity contribution is 0.00578. The molecular formula is C13H21BN2O2. The van der Waals surface area contributed by atoms with Gasteiger partial charge < -0.3 is 13.9 Å². The van der Waals surface area contributed by atoms with Gasteiger partial charge in [0.25, 0.3) is 0 Å². The van der Waals surface area contributed by atoms with E-state index in [-0.39, 0.29) is 18.3 Å². The highest BCUT2D eigenvalue weighted by molar-refractivity contribution is 6.61. The van der Waals surface area contributed by atoms with E-state index in [2.05, 4.69) is 37.2 Å². The van der Waals surface area contributed by atoms with E-state index in [1.54, 1.807) is 0 Å². The first-order valence-corrected chi connectivity index (χ1v) is 6.81. The van der Waals surface area contributed by atoms with Gasteiger partial charge in [-0.1, -0.05) is 0 Å². The summed E-state index contributed by atoms with van der Waals surface area (Å²) in [6, 6.07) is 0. The van der Waals surface area contributed by atoms with Crippen molar-refractivity contribution in [3.63, 3.8) is 0 Å². The summed E-state index contributed by atoms with van der Waals surface area (Å²) in [6.45, 7) is 9.37. The van der Waals surface area contributed by atoms with Crippen molar-refractivity contribution >= 4 is 12.7 Å². The second kappa shape index (κ2) is 3.84. The van der Waals surface area contributed by atoms with Crippen molar-refractivity contribution in [3.05, 3.63) is 12.0 Å². The molecule has 3 rings (SSSR count). The van der Waals surface area contributed by atoms with Gasteiger partial charge in [-0.25, -0.2) is 4.98 Å². The summed E-state index contributed by atoms with van der Waals surface area (Å²) in [5.41, 5.74) is 0.511. The Kier molecular flexibility index (Phi) is 2.61. The van der Waals surface area contributed by atoms with Gasteiger partial charge in [0.15, 0.2) is 0 Å². The summed E-state index contributed by atoms with van der Waals surface area (Å²) in [6.07, 6.45) is 5.44. The fraction of sp³-hybridized carbons (Fsp3) is 0.769. The quantitative estimate of drug-likeness (QED) is 0.707. The van der Waals surface area contributed by atoms with Crippen molar-refractivity contribution in [2.75, 3.05) is 0 Å². The molecule has 1 fully saturated rings. The fourth-order valence-corrected chi connectivity index (χ4v) is 2.59. The van der Waals surface area contributed by atoms with Gasteiger partial charge in [-0.15, -0.1) is 0 Å². The Morgan fingerprint density at radius 2 is 1.83 bits per heavy atom. The first-order valence-electron chi connectivity index (χ1n) is 6.81. The van der Waals surface area contributed by atoms with Gasteiger partial charge in [0, 0.05) is 19.2 Å². The largest absolute Gasteiger partial charge is 0.514 e. The van der Waals surface area contributed by atoms with E-state index >= 15 is 0 Å². The van der Waals surface area contributed by atoms with E-state index in [0.717, 1.165) is 18.6 Å². The topological polar surface area (TPSA) is 36.3 Å². The van der Waals surface area contributed by atoms with Gasteiger partial charge in [0.2, 0.25) is 0 Å². The summed E-state index contributed by atoms with van der Waals surface area (Å²) in [4.78, 5) is 4.50. The van der Waals surface area contributed by atoms with Crippen LogP contribution in [0.25, 0.3) is 0 Å². The van der Waals surface area contributed by atoms with Crippen LogP contribution >= 0.6 is 0 Å². The zero-order valence-electron chi connectivity index (χ0n) is 11.7. The number of imidazole rings is 1. The Hall–Kier alpha value is -0.805. The van der Waals surface area contributed by atoms with Crippen LogP contribution in [0.3, 0.4) is 0 Å². The molecule has 0 bridgehead atoms. The molecule has 0 atom stereocenters. The monoisotopic (exact) mass is 248 g/mol. The first-order chi connectivity index (χ1) is 8.41. The number of hydrogen-bond donors (Lipinski definition) is 0. The van der Waals surface area contributed by atoms with Gasteiger partial charge in [0.05, 0.1) is 16.8 Å². The fourth-order valence-electron chi connectivity index (χ4n) is 2.59. The minimum atomic E-state index is -0.283. The van der Waals surface area contributed by atoms with Gasteiger partial charge in [0.1, 0.15) is 5.82 Å². The average molecular weight is 248 g/mol. The molecule has 0 aliphatic carbocycles. The van der Waals surface area contributed by atoms with Crippen molar-refractivity contribution < 1.29 is 9.31 Å². The lowest BCUT2D eigenvalue weighted by atomic mass is 9.85. The van der Waals surface area contributed by atoms with Gasteiger partial charge in [-0.2, -0.15) is 0 Å². The molecule has 5 heteroatoms. The highest BCUT2D eigenvalue weighted by Gasteiger charge is 2.53. The van der Waals surface area contributed by atoms with Crippen molar-refractivity contribution in [2.45, 2.75) is 64.7 Å². The van der Waals surface area contributed by atoms with E-state index in [0.29, 0.717) is 0 Å². The number of nitrogens with zero attached hydrogens (tertiary/aromatic N) is 2. The molecule has 98 valence electrons. The lowest BCUT2D eigenvalue weighted by Gasteiger charge is -2.32. The number of aryl methyl sites for hydroxylation is 1. The molecule has 1 aromatic rings. The van der Waals surface area contributed by atoms with Crippen LogP contribution in [-0.2, 0) is 22.3 Å². The molecular weight excluding hydrogens is 227 g/mol. The predicted molar refractivity (Wildman–Crippen MR) is 70.9 cm³/mol. The van der Waals surface area contributed by atoms with Crippen LogP contribution in [0.4, 0.5) is 0 Å². The average Bonchev–Trinajstić information content (AvgIpc) is 2.78. The molecule has 0 N–H and O–H groups in total. The third kappa shape index (κ3) is 1.72. The molecule has 1 aromatic heterocycles. The number of hydrogen-bond acceptors (Lipinski definition) is 3. The van der Waals surface area contributed by atoms with Crippen LogP contribution < -0.4 is 5.59 Å². The lowest BCUT2D eigenvalue weighted by Crippen LogP contribution is -2.41. The normalized spacial score (nSPS) is 25.2. The van der Waals surface area contributed by atoms with Crippen molar-refractivity contribution in [2.24, 2.45) is 0 Å². The Balaban J connectivity index is 1.91. The Bertz CT molecular complexity index is 452. The maximum atomic E-state index is 6.09. The standard InChI is InChI=1S/C13H21BN2O2/c1-12(2)13(3,4)18-14(17-12)10-9-15-11-7-5-6-8-16(10)11/h9H,5-8H2,1-4H3. The number of fused-ring (bicyclic) bond motifs is 1. The summed E-state index contributed by atoms with van der Waals surface area (Å²) >= 11 is 0. The molecule has 0 amide bonds. The SMILES string of the molecule is CC1(C)OB(c2cnc3n2CCCC3)OC1(C)C. The maximum absolute atomic E-state index is 6.09. The Morgan fingerprint density at radius 1 is 1.17 bits per heavy atom. The van der Waals surface area contributed by atoms with Crippen LogP contribution in [0.2, 0.25) is 0 Å². The second-order valence-electron chi connectivity index (χ2n) is 6.30. The third-order valence-electron chi connectivity index (χ3n) is 4.50. The zero-order valence-corrected chi connectivity index (χ0v) is 11.7.